The molecule has 0 saturated carbocycles. The molecule has 9 heteroatoms. The molecule has 0 bridgehead atoms. The molecule has 9 nitrogen and oxygen atoms in total. The fourth-order valence-electron chi connectivity index (χ4n) is 14.2. The largest absolute Gasteiger partial charge is 0.309 e. The van der Waals surface area contributed by atoms with E-state index in [1.165, 1.54) is 0 Å². The highest BCUT2D eigenvalue weighted by molar-refractivity contribution is 6.15. The van der Waals surface area contributed by atoms with Gasteiger partial charge in [0.2, 0.25) is 0 Å². The number of benzene rings is 13. The van der Waals surface area contributed by atoms with Crippen LogP contribution >= 0.6 is 0 Å². The predicted octanol–water partition coefficient (Wildman–Crippen LogP) is 20.9. The van der Waals surface area contributed by atoms with E-state index in [0.717, 1.165) is 144 Å². The van der Waals surface area contributed by atoms with Crippen LogP contribution in [0.2, 0.25) is 0 Å². The molecule has 438 valence electrons. The summed E-state index contributed by atoms with van der Waals surface area (Å²) >= 11 is 0. The molecule has 0 saturated heterocycles. The van der Waals surface area contributed by atoms with E-state index in [0.29, 0.717) is 39.2 Å². The van der Waals surface area contributed by atoms with Crippen molar-refractivity contribution in [1.29, 1.82) is 21.0 Å². The zero-order valence-electron chi connectivity index (χ0n) is 50.8. The Morgan fingerprint density at radius 2 is 0.611 bits per heavy atom. The van der Waals surface area contributed by atoms with Gasteiger partial charge in [-0.3, -0.25) is 0 Å². The lowest BCUT2D eigenvalue weighted by Crippen LogP contribution is -2.06. The Morgan fingerprint density at radius 1 is 0.242 bits per heavy atom. The first-order chi connectivity index (χ1) is 46.9. The minimum atomic E-state index is 0.376. The molecule has 4 aromatic heterocycles. The molecule has 0 aliphatic rings. The summed E-state index contributed by atoms with van der Waals surface area (Å²) in [5.41, 5.74) is 21.0. The van der Waals surface area contributed by atoms with Crippen LogP contribution in [0.5, 0.6) is 0 Å². The number of hydrogen-bond acceptors (Lipinski definition) is 6. The van der Waals surface area contributed by atoms with Crippen LogP contribution < -0.4 is 0 Å². The number of nitrogens with zero attached hydrogens (tertiary/aromatic N) is 9. The predicted molar refractivity (Wildman–Crippen MR) is 382 cm³/mol. The van der Waals surface area contributed by atoms with E-state index in [1.54, 1.807) is 24.3 Å². The zero-order chi connectivity index (χ0) is 63.7. The molecule has 0 atom stereocenters. The molecule has 0 N–H and O–H groups in total. The van der Waals surface area contributed by atoms with Gasteiger partial charge in [0.1, 0.15) is 0 Å². The maximum Gasteiger partial charge on any atom is 0.160 e. The van der Waals surface area contributed by atoms with E-state index in [4.69, 9.17) is 9.97 Å². The molecule has 0 unspecified atom stereocenters. The van der Waals surface area contributed by atoms with Crippen molar-refractivity contribution in [2.75, 3.05) is 0 Å². The minimum Gasteiger partial charge on any atom is -0.309 e. The molecule has 4 heterocycles. The van der Waals surface area contributed by atoms with Crippen LogP contribution in [0.3, 0.4) is 0 Å². The van der Waals surface area contributed by atoms with Gasteiger partial charge in [-0.1, -0.05) is 194 Å². The van der Waals surface area contributed by atoms with E-state index in [9.17, 15) is 21.0 Å². The Hall–Kier alpha value is -13.7. The molecule has 13 aromatic carbocycles. The van der Waals surface area contributed by atoms with Gasteiger partial charge in [0, 0.05) is 71.3 Å². The van der Waals surface area contributed by atoms with Gasteiger partial charge in [0.05, 0.1) is 108 Å². The number of nitriles is 4. The second kappa shape index (κ2) is 22.7. The van der Waals surface area contributed by atoms with Crippen LogP contribution in [0.1, 0.15) is 22.3 Å². The number of aromatic nitrogens is 5. The molecule has 95 heavy (non-hydrogen) atoms. The number of para-hydroxylation sites is 6. The maximum absolute atomic E-state index is 10.7. The van der Waals surface area contributed by atoms with Gasteiger partial charge in [-0.15, -0.1) is 0 Å². The van der Waals surface area contributed by atoms with Crippen LogP contribution in [0, 0.1) is 45.3 Å². The van der Waals surface area contributed by atoms with Crippen LogP contribution in [0.15, 0.2) is 297 Å². The van der Waals surface area contributed by atoms with Crippen molar-refractivity contribution in [3.05, 3.63) is 320 Å². The van der Waals surface area contributed by atoms with Gasteiger partial charge in [0.25, 0.3) is 0 Å². The Kier molecular flexibility index (Phi) is 13.2. The molecule has 17 aromatic rings. The highest BCUT2D eigenvalue weighted by atomic mass is 15.0. The first kappa shape index (κ1) is 55.4. The summed E-state index contributed by atoms with van der Waals surface area (Å²) in [6.45, 7) is 0. The summed E-state index contributed by atoms with van der Waals surface area (Å²) in [5, 5.41) is 47.7. The average Bonchev–Trinajstić information content (AvgIpc) is 1.63. The van der Waals surface area contributed by atoms with Gasteiger partial charge in [-0.05, 0) is 125 Å². The quantitative estimate of drug-likeness (QED) is 0.134. The smallest absolute Gasteiger partial charge is 0.160 e. The Bertz CT molecular complexity index is 5740. The van der Waals surface area contributed by atoms with E-state index < -0.39 is 0 Å². The number of fused-ring (bicyclic) bond motifs is 9. The Balaban J connectivity index is 1.07. The van der Waals surface area contributed by atoms with Crippen molar-refractivity contribution < 1.29 is 0 Å². The number of hydrogen-bond donors (Lipinski definition) is 0. The average molecular weight is 1210 g/mol. The van der Waals surface area contributed by atoms with Crippen molar-refractivity contribution in [3.8, 4) is 120 Å². The van der Waals surface area contributed by atoms with Crippen molar-refractivity contribution >= 4 is 65.4 Å². The Morgan fingerprint density at radius 3 is 1.01 bits per heavy atom. The lowest BCUT2D eigenvalue weighted by Gasteiger charge is -2.24. The van der Waals surface area contributed by atoms with E-state index in [-0.39, 0.29) is 0 Å². The van der Waals surface area contributed by atoms with Crippen molar-refractivity contribution in [3.63, 3.8) is 0 Å². The number of rotatable bonds is 10. The highest BCUT2D eigenvalue weighted by Crippen LogP contribution is 2.49. The fraction of sp³-hybridized carbons (Fsp3) is 0. The minimum absolute atomic E-state index is 0.376. The van der Waals surface area contributed by atoms with Crippen molar-refractivity contribution in [2.24, 2.45) is 0 Å². The Labute approximate surface area is 546 Å². The third-order valence-corrected chi connectivity index (χ3v) is 18.4. The SMILES string of the molecule is N#Cc1ccc(-c2ccc3c(c2)c2cc(-c4ccc(C#N)cc4C#N)ccc2n3-c2c(-c3ccccc3-n3c4ccccc4c4ccccc43)cc(-c3nc(-c4ccccc4)cc(-c4ccccc4)n3)cc2-c2ccccc2-n2c3ccccc3c3ccccc32)c(C#N)c1. The van der Waals surface area contributed by atoms with Gasteiger partial charge >= 0.3 is 0 Å². The lowest BCUT2D eigenvalue weighted by atomic mass is 9.90. The van der Waals surface area contributed by atoms with Gasteiger partial charge < -0.3 is 13.7 Å². The summed E-state index contributed by atoms with van der Waals surface area (Å²) in [5.74, 6) is 0.533. The summed E-state index contributed by atoms with van der Waals surface area (Å²) in [6, 6.07) is 111. The van der Waals surface area contributed by atoms with Crippen molar-refractivity contribution in [1.82, 2.24) is 23.7 Å². The maximum atomic E-state index is 10.7. The monoisotopic (exact) mass is 1210 g/mol. The van der Waals surface area contributed by atoms with Crippen LogP contribution in [-0.4, -0.2) is 23.7 Å². The molecular formula is C86H49N9. The first-order valence-electron chi connectivity index (χ1n) is 31.3. The normalized spacial score (nSPS) is 11.3. The zero-order valence-corrected chi connectivity index (χ0v) is 50.8. The molecule has 0 radical (unpaired) electrons. The summed E-state index contributed by atoms with van der Waals surface area (Å²) in [7, 11) is 0. The molecule has 0 fully saturated rings. The third-order valence-electron chi connectivity index (χ3n) is 18.4. The van der Waals surface area contributed by atoms with E-state index in [2.05, 4.69) is 262 Å². The van der Waals surface area contributed by atoms with Crippen LogP contribution in [0.25, 0.3) is 161 Å². The first-order valence-corrected chi connectivity index (χ1v) is 31.3. The second-order valence-electron chi connectivity index (χ2n) is 23.7. The molecule has 0 aliphatic carbocycles. The highest BCUT2D eigenvalue weighted by Gasteiger charge is 2.28. The summed E-state index contributed by atoms with van der Waals surface area (Å²) in [6.07, 6.45) is 0. The molecule has 0 aliphatic heterocycles. The second-order valence-corrected chi connectivity index (χ2v) is 23.7. The van der Waals surface area contributed by atoms with Crippen LogP contribution in [-0.2, 0) is 0 Å². The van der Waals surface area contributed by atoms with E-state index in [1.807, 2.05) is 48.5 Å². The molecular weight excluding hydrogens is 1160 g/mol. The van der Waals surface area contributed by atoms with Gasteiger partial charge in [0.15, 0.2) is 5.82 Å². The van der Waals surface area contributed by atoms with Crippen molar-refractivity contribution in [2.45, 2.75) is 0 Å². The summed E-state index contributed by atoms with van der Waals surface area (Å²) in [4.78, 5) is 11.2. The molecule has 0 amide bonds. The topological polar surface area (TPSA) is 136 Å². The summed E-state index contributed by atoms with van der Waals surface area (Å²) < 4.78 is 7.17. The molecule has 0 spiro atoms. The molecule has 17 rings (SSSR count). The standard InChI is InChI=1S/C86H49N9/c87-50-54-35-39-63(61(43-54)52-89)58-37-41-83-71(45-58)72-46-59(64-40-36-55(51-88)44-62(64)53-90)38-42-84(72)95(83)85-73(69-27-11-17-33-81(69)93-77-29-13-7-23-65(77)66-24-8-14-30-78(66)93)47-60(86-91-75(56-19-3-1-4-20-56)49-76(92-86)57-21-5-2-6-22-57)48-74(85)70-28-12-18-34-82(70)94-79-31-15-9-25-67(79)68-26-10-16-32-80(68)94/h1-49H. The van der Waals surface area contributed by atoms with Crippen LogP contribution in [0.4, 0.5) is 0 Å². The fourth-order valence-corrected chi connectivity index (χ4v) is 14.2. The lowest BCUT2D eigenvalue weighted by molar-refractivity contribution is 1.15. The van der Waals surface area contributed by atoms with Gasteiger partial charge in [-0.25, -0.2) is 9.97 Å². The third kappa shape index (κ3) is 9.12. The van der Waals surface area contributed by atoms with Gasteiger partial charge in [-0.2, -0.15) is 21.0 Å². The van der Waals surface area contributed by atoms with E-state index >= 15 is 0 Å².